The van der Waals surface area contributed by atoms with Crippen LogP contribution in [0.15, 0.2) is 6.07 Å². The van der Waals surface area contributed by atoms with Crippen molar-refractivity contribution in [2.24, 2.45) is 5.92 Å². The van der Waals surface area contributed by atoms with E-state index in [2.05, 4.69) is 36.1 Å². The van der Waals surface area contributed by atoms with E-state index in [0.29, 0.717) is 12.5 Å². The molecule has 1 rings (SSSR count). The third-order valence-corrected chi connectivity index (χ3v) is 3.39. The third-order valence-electron chi connectivity index (χ3n) is 3.39. The second kappa shape index (κ2) is 9.70. The van der Waals surface area contributed by atoms with Gasteiger partial charge in [0.05, 0.1) is 0 Å². The Morgan fingerprint density at radius 1 is 1.25 bits per heavy atom. The van der Waals surface area contributed by atoms with Gasteiger partial charge in [-0.25, -0.2) is 9.97 Å². The van der Waals surface area contributed by atoms with E-state index in [-0.39, 0.29) is 0 Å². The number of aryl methyl sites for hydroxylation is 1. The van der Waals surface area contributed by atoms with Crippen LogP contribution in [0.25, 0.3) is 0 Å². The summed E-state index contributed by atoms with van der Waals surface area (Å²) in [6, 6.07) is 1.96. The van der Waals surface area contributed by atoms with Crippen LogP contribution in [-0.2, 0) is 11.3 Å². The zero-order chi connectivity index (χ0) is 14.8. The van der Waals surface area contributed by atoms with Crippen molar-refractivity contribution in [1.82, 2.24) is 9.97 Å². The number of anilines is 1. The number of aromatic nitrogens is 2. The average Bonchev–Trinajstić information content (AvgIpc) is 2.42. The van der Waals surface area contributed by atoms with Crippen LogP contribution in [-0.4, -0.2) is 23.1 Å². The molecule has 1 aromatic heterocycles. The van der Waals surface area contributed by atoms with Crippen LogP contribution < -0.4 is 5.32 Å². The van der Waals surface area contributed by atoms with E-state index in [1.165, 1.54) is 25.7 Å². The number of rotatable bonds is 10. The molecule has 0 aliphatic carbocycles. The number of hydrogen-bond acceptors (Lipinski definition) is 4. The van der Waals surface area contributed by atoms with Crippen LogP contribution in [0.1, 0.15) is 58.0 Å². The first kappa shape index (κ1) is 16.9. The zero-order valence-corrected chi connectivity index (χ0v) is 13.4. The van der Waals surface area contributed by atoms with Gasteiger partial charge in [0, 0.05) is 24.9 Å². The summed E-state index contributed by atoms with van der Waals surface area (Å²) in [5.74, 6) is 2.32. The Balaban J connectivity index is 2.44. The van der Waals surface area contributed by atoms with E-state index in [1.807, 2.05) is 13.0 Å². The molecule has 4 nitrogen and oxygen atoms in total. The Labute approximate surface area is 123 Å². The molecule has 0 fully saturated rings. The highest BCUT2D eigenvalue weighted by molar-refractivity contribution is 5.35. The minimum absolute atomic E-state index is 0.503. The fraction of sp³-hybridized carbons (Fsp3) is 0.750. The van der Waals surface area contributed by atoms with Crippen LogP contribution in [0.4, 0.5) is 5.82 Å². The molecule has 114 valence electrons. The highest BCUT2D eigenvalue weighted by Crippen LogP contribution is 2.14. The van der Waals surface area contributed by atoms with Gasteiger partial charge in [-0.15, -0.1) is 0 Å². The summed E-state index contributed by atoms with van der Waals surface area (Å²) < 4.78 is 5.81. The SMILES string of the molecule is CCCCC(CC)COCc1nc(C)cc(NCC)n1. The largest absolute Gasteiger partial charge is 0.373 e. The van der Waals surface area contributed by atoms with Crippen molar-refractivity contribution in [1.29, 1.82) is 0 Å². The van der Waals surface area contributed by atoms with Crippen molar-refractivity contribution in [3.63, 3.8) is 0 Å². The van der Waals surface area contributed by atoms with Gasteiger partial charge in [0.1, 0.15) is 12.4 Å². The molecule has 0 aliphatic rings. The molecule has 1 atom stereocenters. The molecule has 1 N–H and O–H groups in total. The van der Waals surface area contributed by atoms with E-state index < -0.39 is 0 Å². The first-order valence-electron chi connectivity index (χ1n) is 7.85. The van der Waals surface area contributed by atoms with Crippen LogP contribution in [0.2, 0.25) is 0 Å². The maximum atomic E-state index is 5.81. The Morgan fingerprint density at radius 2 is 2.05 bits per heavy atom. The van der Waals surface area contributed by atoms with Gasteiger partial charge in [0.25, 0.3) is 0 Å². The van der Waals surface area contributed by atoms with Crippen molar-refractivity contribution in [2.75, 3.05) is 18.5 Å². The molecule has 1 unspecified atom stereocenters. The highest BCUT2D eigenvalue weighted by atomic mass is 16.5. The number of nitrogens with one attached hydrogen (secondary N) is 1. The fourth-order valence-electron chi connectivity index (χ4n) is 2.18. The minimum Gasteiger partial charge on any atom is -0.373 e. The lowest BCUT2D eigenvalue weighted by atomic mass is 10.0. The van der Waals surface area contributed by atoms with Crippen LogP contribution in [0.3, 0.4) is 0 Å². The smallest absolute Gasteiger partial charge is 0.156 e. The van der Waals surface area contributed by atoms with E-state index >= 15 is 0 Å². The summed E-state index contributed by atoms with van der Waals surface area (Å²) in [5, 5.41) is 3.22. The molecule has 1 aromatic rings. The monoisotopic (exact) mass is 279 g/mol. The lowest BCUT2D eigenvalue weighted by Crippen LogP contribution is -2.11. The highest BCUT2D eigenvalue weighted by Gasteiger charge is 2.07. The molecular weight excluding hydrogens is 250 g/mol. The molecule has 0 radical (unpaired) electrons. The number of ether oxygens (including phenoxy) is 1. The summed E-state index contributed by atoms with van der Waals surface area (Å²) in [6.45, 7) is 10.7. The molecular formula is C16H29N3O. The van der Waals surface area contributed by atoms with Gasteiger partial charge in [-0.3, -0.25) is 0 Å². The molecule has 0 saturated heterocycles. The first-order valence-corrected chi connectivity index (χ1v) is 7.85. The predicted molar refractivity (Wildman–Crippen MR) is 83.9 cm³/mol. The second-order valence-electron chi connectivity index (χ2n) is 5.27. The van der Waals surface area contributed by atoms with Gasteiger partial charge in [-0.1, -0.05) is 33.1 Å². The summed E-state index contributed by atoms with van der Waals surface area (Å²) in [6.07, 6.45) is 4.97. The fourth-order valence-corrected chi connectivity index (χ4v) is 2.18. The Bertz CT molecular complexity index is 382. The van der Waals surface area contributed by atoms with Crippen molar-refractivity contribution in [3.8, 4) is 0 Å². The topological polar surface area (TPSA) is 47.0 Å². The van der Waals surface area contributed by atoms with E-state index in [0.717, 1.165) is 30.5 Å². The number of nitrogens with zero attached hydrogens (tertiary/aromatic N) is 2. The van der Waals surface area contributed by atoms with Crippen molar-refractivity contribution in [3.05, 3.63) is 17.6 Å². The molecule has 0 bridgehead atoms. The number of hydrogen-bond donors (Lipinski definition) is 1. The van der Waals surface area contributed by atoms with Crippen LogP contribution in [0.5, 0.6) is 0 Å². The van der Waals surface area contributed by atoms with Gasteiger partial charge in [0.2, 0.25) is 0 Å². The standard InChI is InChI=1S/C16H29N3O/c1-5-8-9-14(6-2)11-20-12-16-18-13(4)10-15(19-16)17-7-3/h10,14H,5-9,11-12H2,1-4H3,(H,17,18,19). The van der Waals surface area contributed by atoms with Crippen LogP contribution >= 0.6 is 0 Å². The summed E-state index contributed by atoms with van der Waals surface area (Å²) in [4.78, 5) is 8.89. The average molecular weight is 279 g/mol. The van der Waals surface area contributed by atoms with Gasteiger partial charge in [-0.05, 0) is 26.2 Å². The maximum Gasteiger partial charge on any atom is 0.156 e. The second-order valence-corrected chi connectivity index (χ2v) is 5.27. The Morgan fingerprint density at radius 3 is 2.70 bits per heavy atom. The van der Waals surface area contributed by atoms with Gasteiger partial charge < -0.3 is 10.1 Å². The van der Waals surface area contributed by atoms with Gasteiger partial charge >= 0.3 is 0 Å². The Hall–Kier alpha value is -1.16. The van der Waals surface area contributed by atoms with Gasteiger partial charge in [0.15, 0.2) is 5.82 Å². The molecule has 0 spiro atoms. The normalized spacial score (nSPS) is 12.4. The molecule has 20 heavy (non-hydrogen) atoms. The molecule has 0 amide bonds. The number of unbranched alkanes of at least 4 members (excludes halogenated alkanes) is 1. The molecule has 0 saturated carbocycles. The molecule has 0 aliphatic heterocycles. The zero-order valence-electron chi connectivity index (χ0n) is 13.4. The van der Waals surface area contributed by atoms with Crippen molar-refractivity contribution in [2.45, 2.75) is 60.0 Å². The van der Waals surface area contributed by atoms with E-state index in [1.54, 1.807) is 0 Å². The lowest BCUT2D eigenvalue weighted by molar-refractivity contribution is 0.0777. The molecule has 1 heterocycles. The maximum absolute atomic E-state index is 5.81. The quantitative estimate of drug-likeness (QED) is 0.704. The van der Waals surface area contributed by atoms with E-state index in [9.17, 15) is 0 Å². The summed E-state index contributed by atoms with van der Waals surface area (Å²) in [5.41, 5.74) is 0.979. The molecule has 0 aromatic carbocycles. The van der Waals surface area contributed by atoms with Crippen molar-refractivity contribution >= 4 is 5.82 Å². The van der Waals surface area contributed by atoms with Crippen LogP contribution in [0, 0.1) is 12.8 Å². The minimum atomic E-state index is 0.503. The first-order chi connectivity index (χ1) is 9.69. The van der Waals surface area contributed by atoms with E-state index in [4.69, 9.17) is 4.74 Å². The summed E-state index contributed by atoms with van der Waals surface area (Å²) in [7, 11) is 0. The third kappa shape index (κ3) is 6.33. The summed E-state index contributed by atoms with van der Waals surface area (Å²) >= 11 is 0. The lowest BCUT2D eigenvalue weighted by Gasteiger charge is -2.14. The van der Waals surface area contributed by atoms with Crippen molar-refractivity contribution < 1.29 is 4.74 Å². The Kier molecular flexibility index (Phi) is 8.19. The molecule has 4 heteroatoms. The van der Waals surface area contributed by atoms with Gasteiger partial charge in [-0.2, -0.15) is 0 Å². The predicted octanol–water partition coefficient (Wildman–Crippen LogP) is 3.95.